The Morgan fingerprint density at radius 1 is 1.50 bits per heavy atom. The van der Waals surface area contributed by atoms with Crippen molar-refractivity contribution in [3.8, 4) is 0 Å². The third-order valence-electron chi connectivity index (χ3n) is 2.39. The van der Waals surface area contributed by atoms with Crippen LogP contribution in [-0.4, -0.2) is 27.7 Å². The van der Waals surface area contributed by atoms with E-state index in [0.717, 1.165) is 0 Å². The molecule has 0 unspecified atom stereocenters. The zero-order chi connectivity index (χ0) is 13.9. The fourth-order valence-corrected chi connectivity index (χ4v) is 1.50. The number of carbonyl (C=O) groups excluding carboxylic acids is 1. The molecule has 0 bridgehead atoms. The number of hydrogen-bond donors (Lipinski definition) is 2. The monoisotopic (exact) mass is 252 g/mol. The van der Waals surface area contributed by atoms with Crippen LogP contribution in [-0.2, 0) is 9.53 Å². The highest BCUT2D eigenvalue weighted by Gasteiger charge is 2.29. The maximum Gasteiger partial charge on any atom is 0.326 e. The average Bonchev–Trinajstić information content (AvgIpc) is 2.25. The van der Waals surface area contributed by atoms with E-state index >= 15 is 0 Å². The standard InChI is InChI=1S/C13H20N2O3/c1-8-9(6-5-7-15-8)11(16)10(14)12(17)18-13(2,3)4/h5-7,10-11,16H,14H2,1-4H3/t10-,11+/m1/s1. The third-order valence-corrected chi connectivity index (χ3v) is 2.39. The van der Waals surface area contributed by atoms with E-state index < -0.39 is 23.7 Å². The molecule has 1 rings (SSSR count). The lowest BCUT2D eigenvalue weighted by Crippen LogP contribution is -2.41. The lowest BCUT2D eigenvalue weighted by Gasteiger charge is -2.25. The minimum absolute atomic E-state index is 0.538. The van der Waals surface area contributed by atoms with E-state index in [1.54, 1.807) is 46.0 Å². The number of aliphatic hydroxyl groups is 1. The number of ether oxygens (including phenoxy) is 1. The molecular formula is C13H20N2O3. The fourth-order valence-electron chi connectivity index (χ4n) is 1.50. The lowest BCUT2D eigenvalue weighted by molar-refractivity contribution is -0.159. The van der Waals surface area contributed by atoms with E-state index in [1.807, 2.05) is 0 Å². The minimum atomic E-state index is -1.12. The molecule has 0 radical (unpaired) electrons. The molecule has 0 saturated heterocycles. The lowest BCUT2D eigenvalue weighted by atomic mass is 10.0. The van der Waals surface area contributed by atoms with Gasteiger partial charge in [-0.2, -0.15) is 0 Å². The van der Waals surface area contributed by atoms with Gasteiger partial charge in [0.25, 0.3) is 0 Å². The SMILES string of the molecule is Cc1ncccc1[C@H](O)[C@@H](N)C(=O)OC(C)(C)C. The summed E-state index contributed by atoms with van der Waals surface area (Å²) >= 11 is 0. The molecule has 1 aromatic rings. The highest BCUT2D eigenvalue weighted by atomic mass is 16.6. The molecule has 3 N–H and O–H groups in total. The van der Waals surface area contributed by atoms with Crippen LogP contribution in [0, 0.1) is 6.92 Å². The normalized spacial score (nSPS) is 15.0. The van der Waals surface area contributed by atoms with Gasteiger partial charge in [-0.15, -0.1) is 0 Å². The largest absolute Gasteiger partial charge is 0.459 e. The first-order valence-corrected chi connectivity index (χ1v) is 5.80. The topological polar surface area (TPSA) is 85.4 Å². The number of rotatable bonds is 3. The number of carbonyl (C=O) groups is 1. The smallest absolute Gasteiger partial charge is 0.326 e. The van der Waals surface area contributed by atoms with Crippen molar-refractivity contribution in [2.45, 2.75) is 45.4 Å². The quantitative estimate of drug-likeness (QED) is 0.787. The second kappa shape index (κ2) is 5.46. The van der Waals surface area contributed by atoms with Gasteiger partial charge in [0.05, 0.1) is 0 Å². The molecule has 0 aliphatic heterocycles. The van der Waals surface area contributed by atoms with Gasteiger partial charge in [0, 0.05) is 17.5 Å². The van der Waals surface area contributed by atoms with Crippen molar-refractivity contribution >= 4 is 5.97 Å². The van der Waals surface area contributed by atoms with Crippen LogP contribution in [0.1, 0.15) is 38.1 Å². The first kappa shape index (κ1) is 14.6. The molecule has 0 aromatic carbocycles. The molecule has 5 heteroatoms. The Morgan fingerprint density at radius 2 is 2.11 bits per heavy atom. The first-order valence-electron chi connectivity index (χ1n) is 5.80. The second-order valence-electron chi connectivity index (χ2n) is 5.18. The maximum atomic E-state index is 11.8. The van der Waals surface area contributed by atoms with Gasteiger partial charge in [-0.1, -0.05) is 6.07 Å². The Bertz CT molecular complexity index is 426. The number of aryl methyl sites for hydroxylation is 1. The molecule has 0 aliphatic carbocycles. The summed E-state index contributed by atoms with van der Waals surface area (Å²) in [4.78, 5) is 15.8. The zero-order valence-electron chi connectivity index (χ0n) is 11.2. The molecule has 0 spiro atoms. The van der Waals surface area contributed by atoms with Gasteiger partial charge < -0.3 is 15.6 Å². The number of hydrogen-bond acceptors (Lipinski definition) is 5. The Kier molecular flexibility index (Phi) is 4.43. The highest BCUT2D eigenvalue weighted by molar-refractivity contribution is 5.77. The van der Waals surface area contributed by atoms with E-state index in [4.69, 9.17) is 10.5 Å². The van der Waals surface area contributed by atoms with E-state index in [-0.39, 0.29) is 0 Å². The molecule has 5 nitrogen and oxygen atoms in total. The predicted molar refractivity (Wildman–Crippen MR) is 67.8 cm³/mol. The number of esters is 1. The van der Waals surface area contributed by atoms with Crippen LogP contribution in [0.2, 0.25) is 0 Å². The van der Waals surface area contributed by atoms with Gasteiger partial charge in [0.2, 0.25) is 0 Å². The van der Waals surface area contributed by atoms with E-state index in [0.29, 0.717) is 11.3 Å². The molecule has 0 fully saturated rings. The summed E-state index contributed by atoms with van der Waals surface area (Å²) < 4.78 is 5.14. The fraction of sp³-hybridized carbons (Fsp3) is 0.538. The third kappa shape index (κ3) is 3.78. The van der Waals surface area contributed by atoms with Crippen molar-refractivity contribution in [2.24, 2.45) is 5.73 Å². The minimum Gasteiger partial charge on any atom is -0.459 e. The van der Waals surface area contributed by atoms with Crippen molar-refractivity contribution in [3.05, 3.63) is 29.6 Å². The predicted octanol–water partition coefficient (Wildman–Crippen LogP) is 1.09. The summed E-state index contributed by atoms with van der Waals surface area (Å²) in [5, 5.41) is 10.1. The summed E-state index contributed by atoms with van der Waals surface area (Å²) in [6.07, 6.45) is 0.499. The number of aromatic nitrogens is 1. The second-order valence-corrected chi connectivity index (χ2v) is 5.18. The molecule has 18 heavy (non-hydrogen) atoms. The van der Waals surface area contributed by atoms with Gasteiger partial charge in [-0.3, -0.25) is 9.78 Å². The van der Waals surface area contributed by atoms with Crippen LogP contribution in [0.5, 0.6) is 0 Å². The molecule has 0 aliphatic rings. The number of nitrogens with two attached hydrogens (primary N) is 1. The van der Waals surface area contributed by atoms with Crippen LogP contribution in [0.15, 0.2) is 18.3 Å². The average molecular weight is 252 g/mol. The Morgan fingerprint density at radius 3 is 2.61 bits per heavy atom. The van der Waals surface area contributed by atoms with Gasteiger partial charge in [0.1, 0.15) is 17.7 Å². The van der Waals surface area contributed by atoms with E-state index in [2.05, 4.69) is 4.98 Å². The molecule has 0 amide bonds. The van der Waals surface area contributed by atoms with Gasteiger partial charge in [-0.05, 0) is 33.8 Å². The van der Waals surface area contributed by atoms with E-state index in [1.165, 1.54) is 0 Å². The maximum absolute atomic E-state index is 11.8. The zero-order valence-corrected chi connectivity index (χ0v) is 11.2. The molecule has 1 aromatic heterocycles. The summed E-state index contributed by atoms with van der Waals surface area (Å²) in [7, 11) is 0. The number of nitrogens with zero attached hydrogens (tertiary/aromatic N) is 1. The van der Waals surface area contributed by atoms with E-state index in [9.17, 15) is 9.90 Å². The van der Waals surface area contributed by atoms with Crippen LogP contribution < -0.4 is 5.73 Å². The van der Waals surface area contributed by atoms with Crippen molar-refractivity contribution in [1.29, 1.82) is 0 Å². The van der Waals surface area contributed by atoms with Crippen LogP contribution in [0.25, 0.3) is 0 Å². The van der Waals surface area contributed by atoms with Crippen molar-refractivity contribution in [2.75, 3.05) is 0 Å². The van der Waals surface area contributed by atoms with Crippen LogP contribution in [0.4, 0.5) is 0 Å². The summed E-state index contributed by atoms with van der Waals surface area (Å²) in [5.41, 5.74) is 6.27. The van der Waals surface area contributed by atoms with Crippen molar-refractivity contribution in [1.82, 2.24) is 4.98 Å². The first-order chi connectivity index (χ1) is 8.22. The van der Waals surface area contributed by atoms with Crippen LogP contribution in [0.3, 0.4) is 0 Å². The summed E-state index contributed by atoms with van der Waals surface area (Å²) in [6.45, 7) is 7.00. The van der Waals surface area contributed by atoms with Gasteiger partial charge in [-0.25, -0.2) is 0 Å². The van der Waals surface area contributed by atoms with Gasteiger partial charge >= 0.3 is 5.97 Å². The van der Waals surface area contributed by atoms with Crippen molar-refractivity contribution < 1.29 is 14.6 Å². The number of pyridine rings is 1. The summed E-state index contributed by atoms with van der Waals surface area (Å²) in [6, 6.07) is 2.26. The molecular weight excluding hydrogens is 232 g/mol. The Hall–Kier alpha value is -1.46. The molecule has 0 saturated carbocycles. The van der Waals surface area contributed by atoms with Crippen LogP contribution >= 0.6 is 0 Å². The molecule has 1 heterocycles. The molecule has 2 atom stereocenters. The Balaban J connectivity index is 2.82. The number of aliphatic hydroxyl groups excluding tert-OH is 1. The molecule has 100 valence electrons. The summed E-state index contributed by atoms with van der Waals surface area (Å²) in [5.74, 6) is -0.627. The highest BCUT2D eigenvalue weighted by Crippen LogP contribution is 2.20. The Labute approximate surface area is 107 Å². The van der Waals surface area contributed by atoms with Crippen molar-refractivity contribution in [3.63, 3.8) is 0 Å². The van der Waals surface area contributed by atoms with Gasteiger partial charge in [0.15, 0.2) is 0 Å².